The number of benzene rings is 2. The fraction of sp³-hybridized carbons (Fsp3) is 0.176. The lowest BCUT2D eigenvalue weighted by atomic mass is 10.1. The van der Waals surface area contributed by atoms with Crippen LogP contribution in [0.1, 0.15) is 34.0 Å². The normalized spacial score (nSPS) is 11.5. The zero-order valence-electron chi connectivity index (χ0n) is 10.6. The molecule has 0 amide bonds. The molecule has 1 heteroatoms. The fourth-order valence-electron chi connectivity index (χ4n) is 1.73. The standard InChI is InChI=1S/C17H15Br/c1-13-7-9-15(10-8-13)11-12-16-5-3-4-6-17(16)14(2)18/h3-10,14H,1-2H3. The van der Waals surface area contributed by atoms with Gasteiger partial charge in [0.2, 0.25) is 0 Å². The highest BCUT2D eigenvalue weighted by Crippen LogP contribution is 2.24. The van der Waals surface area contributed by atoms with Gasteiger partial charge in [0.15, 0.2) is 0 Å². The summed E-state index contributed by atoms with van der Waals surface area (Å²) in [6.45, 7) is 4.20. The molecule has 2 aromatic carbocycles. The van der Waals surface area contributed by atoms with Crippen LogP contribution >= 0.6 is 15.9 Å². The molecule has 1 atom stereocenters. The van der Waals surface area contributed by atoms with Gasteiger partial charge >= 0.3 is 0 Å². The molecule has 0 saturated carbocycles. The van der Waals surface area contributed by atoms with E-state index in [1.807, 2.05) is 12.1 Å². The Balaban J connectivity index is 2.32. The summed E-state index contributed by atoms with van der Waals surface area (Å²) < 4.78 is 0. The van der Waals surface area contributed by atoms with Crippen molar-refractivity contribution in [2.45, 2.75) is 18.7 Å². The second kappa shape index (κ2) is 5.89. The van der Waals surface area contributed by atoms with Gasteiger partial charge in [-0.25, -0.2) is 0 Å². The predicted molar refractivity (Wildman–Crippen MR) is 80.9 cm³/mol. The Labute approximate surface area is 117 Å². The average Bonchev–Trinajstić information content (AvgIpc) is 2.38. The van der Waals surface area contributed by atoms with Gasteiger partial charge in [-0.3, -0.25) is 0 Å². The highest BCUT2D eigenvalue weighted by atomic mass is 79.9. The molecule has 2 rings (SSSR count). The van der Waals surface area contributed by atoms with Crippen molar-refractivity contribution in [3.63, 3.8) is 0 Å². The van der Waals surface area contributed by atoms with Gasteiger partial charge in [0.1, 0.15) is 0 Å². The molecule has 0 spiro atoms. The van der Waals surface area contributed by atoms with E-state index in [0.717, 1.165) is 11.1 Å². The van der Waals surface area contributed by atoms with E-state index >= 15 is 0 Å². The van der Waals surface area contributed by atoms with Gasteiger partial charge in [-0.2, -0.15) is 0 Å². The van der Waals surface area contributed by atoms with E-state index < -0.39 is 0 Å². The molecule has 0 fully saturated rings. The number of hydrogen-bond acceptors (Lipinski definition) is 0. The summed E-state index contributed by atoms with van der Waals surface area (Å²) in [6.07, 6.45) is 0. The molecule has 1 unspecified atom stereocenters. The minimum absolute atomic E-state index is 0.320. The van der Waals surface area contributed by atoms with Crippen molar-refractivity contribution in [2.24, 2.45) is 0 Å². The fourth-order valence-corrected chi connectivity index (χ4v) is 2.13. The molecule has 0 nitrogen and oxygen atoms in total. The van der Waals surface area contributed by atoms with E-state index in [2.05, 4.69) is 78.0 Å². The van der Waals surface area contributed by atoms with E-state index in [1.165, 1.54) is 11.1 Å². The lowest BCUT2D eigenvalue weighted by molar-refractivity contribution is 1.12. The smallest absolute Gasteiger partial charge is 0.0379 e. The van der Waals surface area contributed by atoms with Crippen molar-refractivity contribution in [3.05, 3.63) is 70.8 Å². The summed E-state index contributed by atoms with van der Waals surface area (Å²) in [5.74, 6) is 6.46. The van der Waals surface area contributed by atoms with Crippen molar-refractivity contribution in [1.29, 1.82) is 0 Å². The van der Waals surface area contributed by atoms with Crippen LogP contribution in [0, 0.1) is 18.8 Å². The van der Waals surface area contributed by atoms with Crippen LogP contribution in [0.4, 0.5) is 0 Å². The highest BCUT2D eigenvalue weighted by Gasteiger charge is 2.04. The monoisotopic (exact) mass is 298 g/mol. The summed E-state index contributed by atoms with van der Waals surface area (Å²) in [7, 11) is 0. The maximum Gasteiger partial charge on any atom is 0.0379 e. The van der Waals surface area contributed by atoms with Gasteiger partial charge in [-0.1, -0.05) is 63.7 Å². The molecule has 0 aliphatic carbocycles. The molecule has 18 heavy (non-hydrogen) atoms. The Morgan fingerprint density at radius 1 is 0.944 bits per heavy atom. The number of rotatable bonds is 1. The number of halogens is 1. The van der Waals surface area contributed by atoms with E-state index in [-0.39, 0.29) is 0 Å². The molecule has 0 aromatic heterocycles. The van der Waals surface area contributed by atoms with Crippen molar-refractivity contribution in [2.75, 3.05) is 0 Å². The highest BCUT2D eigenvalue weighted by molar-refractivity contribution is 9.09. The Morgan fingerprint density at radius 2 is 1.61 bits per heavy atom. The van der Waals surface area contributed by atoms with Gasteiger partial charge in [-0.15, -0.1) is 0 Å². The van der Waals surface area contributed by atoms with Gasteiger partial charge in [0, 0.05) is 16.0 Å². The van der Waals surface area contributed by atoms with Gasteiger partial charge in [0.25, 0.3) is 0 Å². The molecule has 90 valence electrons. The zero-order valence-corrected chi connectivity index (χ0v) is 12.2. The maximum atomic E-state index is 3.60. The molecule has 0 aliphatic rings. The molecule has 0 heterocycles. The summed E-state index contributed by atoms with van der Waals surface area (Å²) >= 11 is 3.60. The van der Waals surface area contributed by atoms with Crippen molar-refractivity contribution < 1.29 is 0 Å². The first-order chi connectivity index (χ1) is 8.66. The Hall–Kier alpha value is -1.52. The second-order valence-electron chi connectivity index (χ2n) is 4.32. The van der Waals surface area contributed by atoms with Crippen LogP contribution in [0.2, 0.25) is 0 Å². The van der Waals surface area contributed by atoms with Crippen LogP contribution in [0.3, 0.4) is 0 Å². The minimum atomic E-state index is 0.320. The van der Waals surface area contributed by atoms with E-state index in [1.54, 1.807) is 0 Å². The number of aryl methyl sites for hydroxylation is 1. The molecule has 0 bridgehead atoms. The Morgan fingerprint density at radius 3 is 2.28 bits per heavy atom. The van der Waals surface area contributed by atoms with Crippen molar-refractivity contribution in [1.82, 2.24) is 0 Å². The van der Waals surface area contributed by atoms with Gasteiger partial charge < -0.3 is 0 Å². The van der Waals surface area contributed by atoms with Crippen molar-refractivity contribution >= 4 is 15.9 Å². The van der Waals surface area contributed by atoms with Crippen LogP contribution in [0.25, 0.3) is 0 Å². The first kappa shape index (κ1) is 12.9. The summed E-state index contributed by atoms with van der Waals surface area (Å²) in [6, 6.07) is 16.5. The molecule has 2 aromatic rings. The molecule has 0 radical (unpaired) electrons. The van der Waals surface area contributed by atoms with Crippen molar-refractivity contribution in [3.8, 4) is 11.8 Å². The number of alkyl halides is 1. The quantitative estimate of drug-likeness (QED) is 0.521. The topological polar surface area (TPSA) is 0 Å². The van der Waals surface area contributed by atoms with E-state index in [9.17, 15) is 0 Å². The second-order valence-corrected chi connectivity index (χ2v) is 5.69. The molecule has 0 saturated heterocycles. The first-order valence-electron chi connectivity index (χ1n) is 5.98. The van der Waals surface area contributed by atoms with Gasteiger partial charge in [-0.05, 0) is 37.6 Å². The van der Waals surface area contributed by atoms with Crippen LogP contribution in [-0.4, -0.2) is 0 Å². The van der Waals surface area contributed by atoms with Crippen LogP contribution in [0.5, 0.6) is 0 Å². The summed E-state index contributed by atoms with van der Waals surface area (Å²) in [4.78, 5) is 0.320. The van der Waals surface area contributed by atoms with Gasteiger partial charge in [0.05, 0.1) is 0 Å². The summed E-state index contributed by atoms with van der Waals surface area (Å²) in [5, 5.41) is 0. The lowest BCUT2D eigenvalue weighted by Gasteiger charge is -2.05. The van der Waals surface area contributed by atoms with Crippen LogP contribution in [0.15, 0.2) is 48.5 Å². The predicted octanol–water partition coefficient (Wildman–Crippen LogP) is 4.85. The lowest BCUT2D eigenvalue weighted by Crippen LogP contribution is -1.89. The Bertz CT molecular complexity index is 583. The number of hydrogen-bond donors (Lipinski definition) is 0. The zero-order chi connectivity index (χ0) is 13.0. The SMILES string of the molecule is Cc1ccc(C#Cc2ccccc2C(C)Br)cc1. The Kier molecular flexibility index (Phi) is 4.23. The molecule has 0 aliphatic heterocycles. The third-order valence-corrected chi connectivity index (χ3v) is 3.28. The largest absolute Gasteiger partial charge is 0.0841 e. The third-order valence-electron chi connectivity index (χ3n) is 2.78. The maximum absolute atomic E-state index is 3.60. The van der Waals surface area contributed by atoms with E-state index in [4.69, 9.17) is 0 Å². The molecule has 0 N–H and O–H groups in total. The van der Waals surface area contributed by atoms with E-state index in [0.29, 0.717) is 4.83 Å². The summed E-state index contributed by atoms with van der Waals surface area (Å²) in [5.41, 5.74) is 4.63. The molecular formula is C17H15Br. The van der Waals surface area contributed by atoms with Crippen LogP contribution < -0.4 is 0 Å². The average molecular weight is 299 g/mol. The molecular weight excluding hydrogens is 284 g/mol. The minimum Gasteiger partial charge on any atom is -0.0841 e. The van der Waals surface area contributed by atoms with Crippen LogP contribution in [-0.2, 0) is 0 Å². The third kappa shape index (κ3) is 3.24. The first-order valence-corrected chi connectivity index (χ1v) is 6.90.